The van der Waals surface area contributed by atoms with Crippen LogP contribution >= 0.6 is 0 Å². The average Bonchev–Trinajstić information content (AvgIpc) is 2.95. The lowest BCUT2D eigenvalue weighted by Crippen LogP contribution is -2.39. The minimum absolute atomic E-state index is 0.0197. The maximum absolute atomic E-state index is 12.5. The van der Waals surface area contributed by atoms with Crippen LogP contribution in [0, 0.1) is 13.8 Å². The Morgan fingerprint density at radius 2 is 1.67 bits per heavy atom. The van der Waals surface area contributed by atoms with E-state index in [2.05, 4.69) is 10.2 Å². The molecule has 1 aliphatic rings. The summed E-state index contributed by atoms with van der Waals surface area (Å²) in [6.45, 7) is 9.00. The number of aryl methyl sites for hydroxylation is 2. The number of nitrogens with zero attached hydrogens (tertiary/aromatic N) is 2. The number of para-hydroxylation sites is 1. The molecule has 2 amide bonds. The van der Waals surface area contributed by atoms with E-state index in [0.29, 0.717) is 52.6 Å². The highest BCUT2D eigenvalue weighted by molar-refractivity contribution is 5.93. The third kappa shape index (κ3) is 8.39. The number of anilines is 1. The minimum atomic E-state index is -0.0241. The number of carbonyl (C=O) groups excluding carboxylic acids is 2. The van der Waals surface area contributed by atoms with Crippen LogP contribution in [-0.4, -0.2) is 94.5 Å². The van der Waals surface area contributed by atoms with Crippen molar-refractivity contribution >= 4 is 17.5 Å². The number of ether oxygens (including phenoxy) is 3. The summed E-state index contributed by atoms with van der Waals surface area (Å²) in [6.07, 6.45) is 0.836. The Bertz CT molecular complexity index is 662. The molecule has 0 spiro atoms. The third-order valence-electron chi connectivity index (χ3n) is 5.08. The van der Waals surface area contributed by atoms with Gasteiger partial charge in [-0.25, -0.2) is 0 Å². The van der Waals surface area contributed by atoms with Gasteiger partial charge in [0.15, 0.2) is 0 Å². The van der Waals surface area contributed by atoms with Crippen molar-refractivity contribution in [2.45, 2.75) is 20.3 Å². The maximum atomic E-state index is 12.5. The topological polar surface area (TPSA) is 80.3 Å². The molecule has 1 fully saturated rings. The van der Waals surface area contributed by atoms with Crippen LogP contribution in [0.2, 0.25) is 0 Å². The standard InChI is InChI=1S/C22H35N3O5/c1-18-6-4-7-19(2)22(18)23-20(26)16-24-8-5-9-25(11-10-24)21(27)17-30-15-14-29-13-12-28-3/h4,6-7H,5,8-17H2,1-3H3,(H,23,26). The fourth-order valence-corrected chi connectivity index (χ4v) is 3.39. The molecule has 0 radical (unpaired) electrons. The van der Waals surface area contributed by atoms with Crippen molar-refractivity contribution in [1.29, 1.82) is 0 Å². The molecule has 1 aromatic carbocycles. The van der Waals surface area contributed by atoms with Crippen molar-refractivity contribution in [3.63, 3.8) is 0 Å². The van der Waals surface area contributed by atoms with Crippen molar-refractivity contribution in [3.8, 4) is 0 Å². The van der Waals surface area contributed by atoms with Crippen molar-refractivity contribution in [3.05, 3.63) is 29.3 Å². The van der Waals surface area contributed by atoms with Crippen LogP contribution in [0.1, 0.15) is 17.5 Å². The van der Waals surface area contributed by atoms with Crippen molar-refractivity contribution in [1.82, 2.24) is 9.80 Å². The van der Waals surface area contributed by atoms with Crippen LogP contribution in [0.5, 0.6) is 0 Å². The molecule has 168 valence electrons. The predicted molar refractivity (Wildman–Crippen MR) is 116 cm³/mol. The van der Waals surface area contributed by atoms with Crippen LogP contribution in [0.25, 0.3) is 0 Å². The summed E-state index contributed by atoms with van der Waals surface area (Å²) in [6, 6.07) is 5.97. The smallest absolute Gasteiger partial charge is 0.248 e. The second-order valence-electron chi connectivity index (χ2n) is 7.48. The molecule has 0 bridgehead atoms. The number of hydrogen-bond donors (Lipinski definition) is 1. The fourth-order valence-electron chi connectivity index (χ4n) is 3.39. The highest BCUT2D eigenvalue weighted by Gasteiger charge is 2.21. The number of methoxy groups -OCH3 is 1. The van der Waals surface area contributed by atoms with E-state index in [1.54, 1.807) is 7.11 Å². The number of benzene rings is 1. The van der Waals surface area contributed by atoms with Crippen LogP contribution < -0.4 is 5.32 Å². The summed E-state index contributed by atoms with van der Waals surface area (Å²) in [5.41, 5.74) is 3.00. The zero-order chi connectivity index (χ0) is 21.8. The van der Waals surface area contributed by atoms with Crippen LogP contribution in [0.4, 0.5) is 5.69 Å². The zero-order valence-corrected chi connectivity index (χ0v) is 18.4. The number of hydrogen-bond acceptors (Lipinski definition) is 6. The quantitative estimate of drug-likeness (QED) is 0.545. The van der Waals surface area contributed by atoms with E-state index in [9.17, 15) is 9.59 Å². The Morgan fingerprint density at radius 3 is 2.40 bits per heavy atom. The molecule has 0 atom stereocenters. The van der Waals surface area contributed by atoms with Gasteiger partial charge in [-0.2, -0.15) is 0 Å². The summed E-state index contributed by atoms with van der Waals surface area (Å²) >= 11 is 0. The van der Waals surface area contributed by atoms with Gasteiger partial charge in [-0.3, -0.25) is 14.5 Å². The van der Waals surface area contributed by atoms with Crippen molar-refractivity contribution in [2.75, 3.05) is 78.2 Å². The third-order valence-corrected chi connectivity index (χ3v) is 5.08. The minimum Gasteiger partial charge on any atom is -0.382 e. The highest BCUT2D eigenvalue weighted by Crippen LogP contribution is 2.19. The number of rotatable bonds is 11. The SMILES string of the molecule is COCCOCCOCC(=O)N1CCCN(CC(=O)Nc2c(C)cccc2C)CC1. The molecular weight excluding hydrogens is 386 g/mol. The fraction of sp³-hybridized carbons (Fsp3) is 0.636. The van der Waals surface area contributed by atoms with Gasteiger partial charge >= 0.3 is 0 Å². The van der Waals surface area contributed by atoms with Gasteiger partial charge < -0.3 is 24.4 Å². The van der Waals surface area contributed by atoms with E-state index in [4.69, 9.17) is 14.2 Å². The first-order chi connectivity index (χ1) is 14.5. The summed E-state index contributed by atoms with van der Waals surface area (Å²) in [5.74, 6) is -0.0438. The van der Waals surface area contributed by atoms with Gasteiger partial charge in [-0.05, 0) is 31.4 Å². The van der Waals surface area contributed by atoms with Gasteiger partial charge in [-0.15, -0.1) is 0 Å². The van der Waals surface area contributed by atoms with Crippen molar-refractivity contribution < 1.29 is 23.8 Å². The van der Waals surface area contributed by atoms with Gasteiger partial charge in [0, 0.05) is 39.0 Å². The Balaban J connectivity index is 1.69. The molecular formula is C22H35N3O5. The Morgan fingerprint density at radius 1 is 0.967 bits per heavy atom. The summed E-state index contributed by atoms with van der Waals surface area (Å²) < 4.78 is 15.6. The molecule has 8 nitrogen and oxygen atoms in total. The molecule has 0 saturated carbocycles. The predicted octanol–water partition coefficient (Wildman–Crippen LogP) is 1.46. The average molecular weight is 422 g/mol. The van der Waals surface area contributed by atoms with Crippen LogP contribution in [-0.2, 0) is 23.8 Å². The molecule has 0 aliphatic carbocycles. The van der Waals surface area contributed by atoms with E-state index in [-0.39, 0.29) is 18.4 Å². The summed E-state index contributed by atoms with van der Waals surface area (Å²) in [4.78, 5) is 28.8. The van der Waals surface area contributed by atoms with E-state index in [1.165, 1.54) is 0 Å². The molecule has 1 N–H and O–H groups in total. The lowest BCUT2D eigenvalue weighted by Gasteiger charge is -2.22. The Kier molecular flexibility index (Phi) is 10.8. The van der Waals surface area contributed by atoms with Crippen molar-refractivity contribution in [2.24, 2.45) is 0 Å². The molecule has 2 rings (SSSR count). The molecule has 1 saturated heterocycles. The lowest BCUT2D eigenvalue weighted by molar-refractivity contribution is -0.136. The van der Waals surface area contributed by atoms with Gasteiger partial charge in [0.1, 0.15) is 6.61 Å². The largest absolute Gasteiger partial charge is 0.382 e. The molecule has 8 heteroatoms. The molecule has 1 aliphatic heterocycles. The molecule has 0 aromatic heterocycles. The molecule has 1 heterocycles. The highest BCUT2D eigenvalue weighted by atomic mass is 16.5. The Hall–Kier alpha value is -2.00. The molecule has 0 unspecified atom stereocenters. The molecule has 30 heavy (non-hydrogen) atoms. The van der Waals surface area contributed by atoms with Gasteiger partial charge in [0.05, 0.1) is 33.0 Å². The first kappa shape index (κ1) is 24.3. The number of carbonyl (C=O) groups is 2. The first-order valence-corrected chi connectivity index (χ1v) is 10.5. The zero-order valence-electron chi connectivity index (χ0n) is 18.4. The van der Waals surface area contributed by atoms with Crippen LogP contribution in [0.15, 0.2) is 18.2 Å². The second-order valence-corrected chi connectivity index (χ2v) is 7.48. The number of amides is 2. The molecule has 1 aromatic rings. The maximum Gasteiger partial charge on any atom is 0.248 e. The second kappa shape index (κ2) is 13.3. The van der Waals surface area contributed by atoms with E-state index in [0.717, 1.165) is 29.8 Å². The van der Waals surface area contributed by atoms with Crippen LogP contribution in [0.3, 0.4) is 0 Å². The van der Waals surface area contributed by atoms with Gasteiger partial charge in [-0.1, -0.05) is 18.2 Å². The van der Waals surface area contributed by atoms with E-state index >= 15 is 0 Å². The van der Waals surface area contributed by atoms with E-state index < -0.39 is 0 Å². The van der Waals surface area contributed by atoms with Gasteiger partial charge in [0.25, 0.3) is 0 Å². The summed E-state index contributed by atoms with van der Waals surface area (Å²) in [7, 11) is 1.62. The normalized spacial score (nSPS) is 15.1. The first-order valence-electron chi connectivity index (χ1n) is 10.5. The van der Waals surface area contributed by atoms with Gasteiger partial charge in [0.2, 0.25) is 11.8 Å². The summed E-state index contributed by atoms with van der Waals surface area (Å²) in [5, 5.41) is 3.03. The Labute approximate surface area is 179 Å². The lowest BCUT2D eigenvalue weighted by atomic mass is 10.1. The van der Waals surface area contributed by atoms with E-state index in [1.807, 2.05) is 36.9 Å². The number of nitrogens with one attached hydrogen (secondary N) is 1. The monoisotopic (exact) mass is 421 g/mol.